The van der Waals surface area contributed by atoms with Gasteiger partial charge in [0.2, 0.25) is 0 Å². The summed E-state index contributed by atoms with van der Waals surface area (Å²) in [6.07, 6.45) is 5.23. The number of hydrogen-bond acceptors (Lipinski definition) is 2. The molecule has 1 nitrogen and oxygen atoms in total. The molecule has 2 heterocycles. The normalized spacial score (nSPS) is 22.8. The van der Waals surface area contributed by atoms with Crippen molar-refractivity contribution in [2.45, 2.75) is 65.0 Å². The molecule has 3 heteroatoms. The summed E-state index contributed by atoms with van der Waals surface area (Å²) in [5.74, 6) is 0.488. The standard InChI is InChI=1S/C30H34FNS/c1-18(2)29-27(20(4)22-9-11-23(12-10-22)21(5)31)28(25-8-6-15-33-25)26-19(3)16-30(13-7-14-30)17-24(26)32-29/h6,8-12,15,18,21,28,32H,3-4,7,13-14,16-17H2,1-2,5H3. The maximum Gasteiger partial charge on any atom is 0.122 e. The van der Waals surface area contributed by atoms with Crippen LogP contribution in [-0.4, -0.2) is 0 Å². The first-order chi connectivity index (χ1) is 15.8. The van der Waals surface area contributed by atoms with Crippen molar-refractivity contribution in [3.05, 3.63) is 99.1 Å². The Hall–Kier alpha value is -2.39. The zero-order valence-electron chi connectivity index (χ0n) is 20.0. The number of nitrogens with one attached hydrogen (secondary N) is 1. The van der Waals surface area contributed by atoms with Gasteiger partial charge in [-0.2, -0.15) is 0 Å². The van der Waals surface area contributed by atoms with Crippen molar-refractivity contribution in [1.29, 1.82) is 0 Å². The van der Waals surface area contributed by atoms with Crippen LogP contribution in [0.15, 0.2) is 83.0 Å². The topological polar surface area (TPSA) is 12.0 Å². The van der Waals surface area contributed by atoms with Gasteiger partial charge in [-0.1, -0.05) is 63.8 Å². The quantitative estimate of drug-likeness (QED) is 0.471. The van der Waals surface area contributed by atoms with Gasteiger partial charge in [-0.25, -0.2) is 4.39 Å². The van der Waals surface area contributed by atoms with Crippen molar-refractivity contribution in [1.82, 2.24) is 5.32 Å². The number of thiophene rings is 1. The van der Waals surface area contributed by atoms with Crippen molar-refractivity contribution < 1.29 is 4.39 Å². The van der Waals surface area contributed by atoms with Gasteiger partial charge in [-0.3, -0.25) is 0 Å². The van der Waals surface area contributed by atoms with Crippen LogP contribution in [0.4, 0.5) is 4.39 Å². The molecule has 0 radical (unpaired) electrons. The summed E-state index contributed by atoms with van der Waals surface area (Å²) in [4.78, 5) is 1.35. The fraction of sp³-hybridized carbons (Fsp3) is 0.400. The molecule has 1 aromatic heterocycles. The smallest absolute Gasteiger partial charge is 0.122 e. The van der Waals surface area contributed by atoms with Crippen LogP contribution in [0.2, 0.25) is 0 Å². The summed E-state index contributed by atoms with van der Waals surface area (Å²) < 4.78 is 13.8. The number of hydrogen-bond donors (Lipinski definition) is 1. The largest absolute Gasteiger partial charge is 0.361 e. The van der Waals surface area contributed by atoms with Crippen LogP contribution < -0.4 is 5.32 Å². The molecule has 0 bridgehead atoms. The minimum Gasteiger partial charge on any atom is -0.361 e. The van der Waals surface area contributed by atoms with Gasteiger partial charge < -0.3 is 5.32 Å². The Morgan fingerprint density at radius 3 is 2.39 bits per heavy atom. The molecule has 2 aliphatic carbocycles. The Morgan fingerprint density at radius 1 is 1.12 bits per heavy atom. The van der Waals surface area contributed by atoms with Crippen LogP contribution in [0, 0.1) is 11.3 Å². The van der Waals surface area contributed by atoms with Crippen molar-refractivity contribution in [3.63, 3.8) is 0 Å². The van der Waals surface area contributed by atoms with E-state index in [9.17, 15) is 4.39 Å². The summed E-state index contributed by atoms with van der Waals surface area (Å²) in [6, 6.07) is 12.2. The fourth-order valence-corrected chi connectivity index (χ4v) is 6.82. The van der Waals surface area contributed by atoms with E-state index in [0.717, 1.165) is 24.0 Å². The number of alkyl halides is 1. The summed E-state index contributed by atoms with van der Waals surface area (Å²) in [5.41, 5.74) is 9.77. The van der Waals surface area contributed by atoms with E-state index < -0.39 is 6.17 Å². The lowest BCUT2D eigenvalue weighted by Crippen LogP contribution is -2.40. The molecule has 33 heavy (non-hydrogen) atoms. The number of allylic oxidation sites excluding steroid dienone is 6. The molecule has 1 saturated carbocycles. The van der Waals surface area contributed by atoms with Gasteiger partial charge >= 0.3 is 0 Å². The first-order valence-corrected chi connectivity index (χ1v) is 13.1. The van der Waals surface area contributed by atoms with Gasteiger partial charge in [-0.05, 0) is 88.8 Å². The highest BCUT2D eigenvalue weighted by Gasteiger charge is 2.46. The van der Waals surface area contributed by atoms with E-state index in [1.54, 1.807) is 6.92 Å². The van der Waals surface area contributed by atoms with E-state index in [1.807, 2.05) is 35.6 Å². The van der Waals surface area contributed by atoms with Crippen LogP contribution in [0.5, 0.6) is 0 Å². The maximum atomic E-state index is 13.8. The van der Waals surface area contributed by atoms with Crippen molar-refractivity contribution in [2.75, 3.05) is 0 Å². The molecule has 1 N–H and O–H groups in total. The second kappa shape index (κ2) is 8.43. The van der Waals surface area contributed by atoms with Crippen molar-refractivity contribution >= 4 is 16.9 Å². The predicted molar refractivity (Wildman–Crippen MR) is 139 cm³/mol. The SMILES string of the molecule is C=C1CC2(CCC2)CC2=C1C(c1cccs1)C(C(=C)c1ccc(C(C)F)cc1)=C(C(C)C)N2. The van der Waals surface area contributed by atoms with Crippen LogP contribution in [0.25, 0.3) is 5.57 Å². The molecule has 1 spiro atoms. The van der Waals surface area contributed by atoms with Gasteiger partial charge in [0.25, 0.3) is 0 Å². The molecule has 1 aromatic carbocycles. The van der Waals surface area contributed by atoms with E-state index in [0.29, 0.717) is 16.9 Å². The molecular weight excluding hydrogens is 425 g/mol. The molecule has 2 unspecified atom stereocenters. The Bertz CT molecular complexity index is 1140. The maximum absolute atomic E-state index is 13.8. The number of rotatable bonds is 5. The summed E-state index contributed by atoms with van der Waals surface area (Å²) in [7, 11) is 0. The zero-order chi connectivity index (χ0) is 23.3. The molecular formula is C30H34FNS. The Balaban J connectivity index is 1.63. The van der Waals surface area contributed by atoms with E-state index in [-0.39, 0.29) is 5.92 Å². The highest BCUT2D eigenvalue weighted by atomic mass is 32.1. The van der Waals surface area contributed by atoms with Gasteiger partial charge in [0, 0.05) is 22.2 Å². The van der Waals surface area contributed by atoms with Crippen LogP contribution in [0.3, 0.4) is 0 Å². The lowest BCUT2D eigenvalue weighted by molar-refractivity contribution is 0.124. The van der Waals surface area contributed by atoms with Gasteiger partial charge in [-0.15, -0.1) is 11.3 Å². The second-order valence-electron chi connectivity index (χ2n) is 10.5. The summed E-state index contributed by atoms with van der Waals surface area (Å²) in [5, 5.41) is 6.08. The lowest BCUT2D eigenvalue weighted by atomic mass is 9.57. The molecule has 0 amide bonds. The third kappa shape index (κ3) is 3.85. The zero-order valence-corrected chi connectivity index (χ0v) is 20.8. The molecule has 3 aliphatic rings. The minimum absolute atomic E-state index is 0.149. The Kier molecular flexibility index (Phi) is 5.73. The monoisotopic (exact) mass is 459 g/mol. The van der Waals surface area contributed by atoms with Gasteiger partial charge in [0.15, 0.2) is 0 Å². The lowest BCUT2D eigenvalue weighted by Gasteiger charge is -2.50. The third-order valence-electron chi connectivity index (χ3n) is 7.86. The van der Waals surface area contributed by atoms with Crippen molar-refractivity contribution in [2.24, 2.45) is 11.3 Å². The molecule has 2 atom stereocenters. The third-order valence-corrected chi connectivity index (χ3v) is 8.80. The number of halogens is 1. The molecule has 0 saturated heterocycles. The molecule has 1 aliphatic heterocycles. The number of benzene rings is 1. The first-order valence-electron chi connectivity index (χ1n) is 12.2. The van der Waals surface area contributed by atoms with Gasteiger partial charge in [0.1, 0.15) is 6.17 Å². The van der Waals surface area contributed by atoms with Crippen LogP contribution in [0.1, 0.15) is 81.0 Å². The second-order valence-corrected chi connectivity index (χ2v) is 11.5. The van der Waals surface area contributed by atoms with Crippen LogP contribution >= 0.6 is 11.3 Å². The summed E-state index contributed by atoms with van der Waals surface area (Å²) in [6.45, 7) is 15.3. The average molecular weight is 460 g/mol. The minimum atomic E-state index is -0.968. The number of dihydropyridines is 1. The van der Waals surface area contributed by atoms with E-state index in [1.165, 1.54) is 52.3 Å². The highest BCUT2D eigenvalue weighted by molar-refractivity contribution is 7.10. The van der Waals surface area contributed by atoms with E-state index >= 15 is 0 Å². The highest BCUT2D eigenvalue weighted by Crippen LogP contribution is 2.59. The molecule has 172 valence electrons. The molecule has 1 fully saturated rings. The predicted octanol–water partition coefficient (Wildman–Crippen LogP) is 8.86. The van der Waals surface area contributed by atoms with Crippen LogP contribution in [-0.2, 0) is 0 Å². The molecule has 5 rings (SSSR count). The Morgan fingerprint density at radius 2 is 1.85 bits per heavy atom. The fourth-order valence-electron chi connectivity index (χ4n) is 5.98. The summed E-state index contributed by atoms with van der Waals surface area (Å²) >= 11 is 1.82. The first kappa shape index (κ1) is 22.4. The molecule has 2 aromatic rings. The van der Waals surface area contributed by atoms with Gasteiger partial charge in [0.05, 0.1) is 0 Å². The average Bonchev–Trinajstić information content (AvgIpc) is 3.30. The Labute approximate surface area is 201 Å². The van der Waals surface area contributed by atoms with E-state index in [2.05, 4.69) is 49.8 Å². The van der Waals surface area contributed by atoms with E-state index in [4.69, 9.17) is 0 Å². The van der Waals surface area contributed by atoms with Crippen molar-refractivity contribution in [3.8, 4) is 0 Å².